The van der Waals surface area contributed by atoms with E-state index in [1.54, 1.807) is 9.58 Å². The van der Waals surface area contributed by atoms with Crippen LogP contribution < -0.4 is 0 Å². The van der Waals surface area contributed by atoms with E-state index in [-0.39, 0.29) is 29.2 Å². The van der Waals surface area contributed by atoms with Gasteiger partial charge in [0.15, 0.2) is 9.84 Å². The van der Waals surface area contributed by atoms with Crippen molar-refractivity contribution >= 4 is 27.5 Å². The van der Waals surface area contributed by atoms with E-state index in [0.717, 1.165) is 16.8 Å². The number of thioether (sulfide) groups is 1. The Labute approximate surface area is 185 Å². The first-order chi connectivity index (χ1) is 14.9. The minimum atomic E-state index is -3.11. The highest BCUT2D eigenvalue weighted by molar-refractivity contribution is 7.99. The normalized spacial score (nSPS) is 17.5. The predicted molar refractivity (Wildman–Crippen MR) is 119 cm³/mol. The summed E-state index contributed by atoms with van der Waals surface area (Å²) in [6.07, 6.45) is 0.465. The first-order valence-corrected chi connectivity index (χ1v) is 12.7. The molecule has 1 aliphatic heterocycles. The SMILES string of the molecule is Cc1ccc(-n2nnnc2SCC(=O)N(Cc2ccccc2)[C@@H]2CCS(=O)(=O)C2)cc1. The molecular formula is C21H23N5O3S2. The van der Waals surface area contributed by atoms with Crippen LogP contribution in [0.3, 0.4) is 0 Å². The lowest BCUT2D eigenvalue weighted by molar-refractivity contribution is -0.130. The second-order valence-electron chi connectivity index (χ2n) is 7.56. The third-order valence-corrected chi connectivity index (χ3v) is 7.86. The van der Waals surface area contributed by atoms with E-state index < -0.39 is 9.84 Å². The molecule has 0 N–H and O–H groups in total. The molecule has 1 fully saturated rings. The first-order valence-electron chi connectivity index (χ1n) is 9.93. The lowest BCUT2D eigenvalue weighted by atomic mass is 10.1. The quantitative estimate of drug-likeness (QED) is 0.502. The van der Waals surface area contributed by atoms with Crippen molar-refractivity contribution in [2.75, 3.05) is 17.3 Å². The maximum Gasteiger partial charge on any atom is 0.233 e. The van der Waals surface area contributed by atoms with Crippen LogP contribution in [0.2, 0.25) is 0 Å². The molecule has 2 heterocycles. The van der Waals surface area contributed by atoms with Gasteiger partial charge in [0.05, 0.1) is 22.9 Å². The molecule has 0 spiro atoms. The zero-order valence-electron chi connectivity index (χ0n) is 17.1. The van der Waals surface area contributed by atoms with Gasteiger partial charge in [0.2, 0.25) is 11.1 Å². The molecule has 8 nitrogen and oxygen atoms in total. The molecule has 2 aromatic carbocycles. The summed E-state index contributed by atoms with van der Waals surface area (Å²) < 4.78 is 25.6. The van der Waals surface area contributed by atoms with Gasteiger partial charge in [0, 0.05) is 12.6 Å². The van der Waals surface area contributed by atoms with Crippen LogP contribution in [0.5, 0.6) is 0 Å². The molecule has 0 unspecified atom stereocenters. The topological polar surface area (TPSA) is 98.1 Å². The van der Waals surface area contributed by atoms with Crippen molar-refractivity contribution in [3.63, 3.8) is 0 Å². The van der Waals surface area contributed by atoms with Gasteiger partial charge < -0.3 is 4.90 Å². The third-order valence-electron chi connectivity index (χ3n) is 5.21. The van der Waals surface area contributed by atoms with E-state index >= 15 is 0 Å². The highest BCUT2D eigenvalue weighted by Crippen LogP contribution is 2.24. The van der Waals surface area contributed by atoms with Crippen LogP contribution in [0.15, 0.2) is 59.8 Å². The van der Waals surface area contributed by atoms with Crippen LogP contribution in [0, 0.1) is 6.92 Å². The fourth-order valence-electron chi connectivity index (χ4n) is 3.55. The Morgan fingerprint density at radius 1 is 1.16 bits per heavy atom. The van der Waals surface area contributed by atoms with Crippen molar-refractivity contribution in [2.45, 2.75) is 31.1 Å². The van der Waals surface area contributed by atoms with Gasteiger partial charge in [-0.25, -0.2) is 8.42 Å². The molecule has 3 aromatic rings. The molecule has 31 heavy (non-hydrogen) atoms. The molecule has 0 bridgehead atoms. The summed E-state index contributed by atoms with van der Waals surface area (Å²) in [7, 11) is -3.11. The van der Waals surface area contributed by atoms with E-state index in [4.69, 9.17) is 0 Å². The van der Waals surface area contributed by atoms with E-state index in [1.807, 2.05) is 61.5 Å². The standard InChI is InChI=1S/C21H23N5O3S2/c1-16-7-9-18(10-8-16)26-21(22-23-24-26)30-14-20(27)25(13-17-5-3-2-4-6-17)19-11-12-31(28,29)15-19/h2-10,19H,11-15H2,1H3/t19-/m1/s1. The summed E-state index contributed by atoms with van der Waals surface area (Å²) in [4.78, 5) is 14.9. The average Bonchev–Trinajstić information content (AvgIpc) is 3.37. The average molecular weight is 458 g/mol. The molecule has 1 aromatic heterocycles. The molecule has 10 heteroatoms. The second kappa shape index (κ2) is 9.19. The van der Waals surface area contributed by atoms with Crippen molar-refractivity contribution in [1.82, 2.24) is 25.1 Å². The van der Waals surface area contributed by atoms with E-state index in [0.29, 0.717) is 18.1 Å². The predicted octanol–water partition coefficient (Wildman–Crippen LogP) is 2.28. The first kappa shape index (κ1) is 21.5. The van der Waals surface area contributed by atoms with Gasteiger partial charge in [-0.05, 0) is 41.5 Å². The Balaban J connectivity index is 1.49. The minimum absolute atomic E-state index is 0.0113. The fraction of sp³-hybridized carbons (Fsp3) is 0.333. The van der Waals surface area contributed by atoms with Crippen LogP contribution in [-0.2, 0) is 21.2 Å². The third kappa shape index (κ3) is 5.31. The van der Waals surface area contributed by atoms with Gasteiger partial charge in [-0.15, -0.1) is 5.10 Å². The second-order valence-corrected chi connectivity index (χ2v) is 10.7. The van der Waals surface area contributed by atoms with E-state index in [9.17, 15) is 13.2 Å². The number of aryl methyl sites for hydroxylation is 1. The zero-order valence-corrected chi connectivity index (χ0v) is 18.7. The number of aromatic nitrogens is 4. The molecule has 1 atom stereocenters. The van der Waals surface area contributed by atoms with Crippen LogP contribution >= 0.6 is 11.8 Å². The molecule has 1 saturated heterocycles. The van der Waals surface area contributed by atoms with Gasteiger partial charge in [-0.3, -0.25) is 4.79 Å². The number of hydrogen-bond donors (Lipinski definition) is 0. The van der Waals surface area contributed by atoms with Gasteiger partial charge in [0.1, 0.15) is 0 Å². The summed E-state index contributed by atoms with van der Waals surface area (Å²) in [6, 6.07) is 17.1. The van der Waals surface area contributed by atoms with Gasteiger partial charge >= 0.3 is 0 Å². The van der Waals surface area contributed by atoms with Crippen molar-refractivity contribution in [1.29, 1.82) is 0 Å². The molecule has 1 aliphatic rings. The summed E-state index contributed by atoms with van der Waals surface area (Å²) >= 11 is 1.24. The lowest BCUT2D eigenvalue weighted by Gasteiger charge is -2.28. The summed E-state index contributed by atoms with van der Waals surface area (Å²) in [5.41, 5.74) is 2.91. The Kier molecular flexibility index (Phi) is 6.38. The van der Waals surface area contributed by atoms with Crippen molar-refractivity contribution in [3.8, 4) is 5.69 Å². The summed E-state index contributed by atoms with van der Waals surface area (Å²) in [6.45, 7) is 2.38. The van der Waals surface area contributed by atoms with E-state index in [2.05, 4.69) is 15.5 Å². The minimum Gasteiger partial charge on any atom is -0.334 e. The van der Waals surface area contributed by atoms with Crippen molar-refractivity contribution < 1.29 is 13.2 Å². The number of amides is 1. The lowest BCUT2D eigenvalue weighted by Crippen LogP contribution is -2.41. The number of tetrazole rings is 1. The number of rotatable bonds is 7. The Morgan fingerprint density at radius 3 is 2.58 bits per heavy atom. The van der Waals surface area contributed by atoms with Crippen molar-refractivity contribution in [2.24, 2.45) is 0 Å². The van der Waals surface area contributed by atoms with Crippen LogP contribution in [0.25, 0.3) is 5.69 Å². The molecule has 162 valence electrons. The van der Waals surface area contributed by atoms with Crippen LogP contribution in [0.1, 0.15) is 17.5 Å². The van der Waals surface area contributed by atoms with E-state index in [1.165, 1.54) is 11.8 Å². The van der Waals surface area contributed by atoms with Crippen LogP contribution in [-0.4, -0.2) is 62.7 Å². The molecule has 1 amide bonds. The smallest absolute Gasteiger partial charge is 0.233 e. The zero-order chi connectivity index (χ0) is 21.8. The number of nitrogens with zero attached hydrogens (tertiary/aromatic N) is 5. The largest absolute Gasteiger partial charge is 0.334 e. The Morgan fingerprint density at radius 2 is 1.90 bits per heavy atom. The number of benzene rings is 2. The molecular weight excluding hydrogens is 434 g/mol. The number of hydrogen-bond acceptors (Lipinski definition) is 7. The maximum absolute atomic E-state index is 13.2. The highest BCUT2D eigenvalue weighted by atomic mass is 32.2. The molecule has 0 saturated carbocycles. The van der Waals surface area contributed by atoms with Gasteiger partial charge in [0.25, 0.3) is 0 Å². The van der Waals surface area contributed by atoms with Gasteiger partial charge in [-0.2, -0.15) is 4.68 Å². The summed E-state index contributed by atoms with van der Waals surface area (Å²) in [5, 5.41) is 12.3. The Bertz CT molecular complexity index is 1150. The monoisotopic (exact) mass is 457 g/mol. The Hall–Kier alpha value is -2.72. The van der Waals surface area contributed by atoms with Gasteiger partial charge in [-0.1, -0.05) is 59.8 Å². The highest BCUT2D eigenvalue weighted by Gasteiger charge is 2.34. The summed E-state index contributed by atoms with van der Waals surface area (Å²) in [5.74, 6) is 0.122. The fourth-order valence-corrected chi connectivity index (χ4v) is 6.06. The number of carbonyl (C=O) groups is 1. The number of carbonyl (C=O) groups excluding carboxylic acids is 1. The number of sulfone groups is 1. The maximum atomic E-state index is 13.2. The van der Waals surface area contributed by atoms with Crippen molar-refractivity contribution in [3.05, 3.63) is 65.7 Å². The molecule has 0 aliphatic carbocycles. The van der Waals surface area contributed by atoms with Crippen LogP contribution in [0.4, 0.5) is 0 Å². The molecule has 4 rings (SSSR count). The molecule has 0 radical (unpaired) electrons.